The van der Waals surface area contributed by atoms with Crippen molar-refractivity contribution in [2.45, 2.75) is 25.7 Å². The minimum absolute atomic E-state index is 0.0185. The van der Waals surface area contributed by atoms with Gasteiger partial charge in [0.1, 0.15) is 23.0 Å². The Hall–Kier alpha value is -2.92. The molecule has 0 fully saturated rings. The van der Waals surface area contributed by atoms with E-state index in [1.165, 1.54) is 6.07 Å². The Balaban J connectivity index is 1.65. The lowest BCUT2D eigenvalue weighted by molar-refractivity contribution is 0.305. The highest BCUT2D eigenvalue weighted by Crippen LogP contribution is 2.28. The zero-order valence-electron chi connectivity index (χ0n) is 16.5. The third-order valence-electron chi connectivity index (χ3n) is 3.85. The van der Waals surface area contributed by atoms with Gasteiger partial charge in [-0.1, -0.05) is 0 Å². The Kier molecular flexibility index (Phi) is 6.49. The van der Waals surface area contributed by atoms with Crippen molar-refractivity contribution in [3.05, 3.63) is 36.2 Å². The van der Waals surface area contributed by atoms with Gasteiger partial charge in [0.05, 0.1) is 13.2 Å². The van der Waals surface area contributed by atoms with Crippen molar-refractivity contribution in [1.29, 1.82) is 0 Å². The summed E-state index contributed by atoms with van der Waals surface area (Å²) in [5.74, 6) is 1.69. The predicted molar refractivity (Wildman–Crippen MR) is 105 cm³/mol. The molecule has 10 nitrogen and oxygen atoms in total. The van der Waals surface area contributed by atoms with Crippen LogP contribution in [-0.2, 0) is 10.0 Å². The fourth-order valence-corrected chi connectivity index (χ4v) is 3.77. The number of nitrogens with zero attached hydrogens (tertiary/aromatic N) is 4. The van der Waals surface area contributed by atoms with Crippen LogP contribution in [0.15, 0.2) is 35.2 Å². The third-order valence-corrected chi connectivity index (χ3v) is 5.34. The molecule has 1 aromatic carbocycles. The zero-order chi connectivity index (χ0) is 20.9. The van der Waals surface area contributed by atoms with E-state index in [9.17, 15) is 8.42 Å². The smallest absolute Gasteiger partial charge is 0.244 e. The molecule has 11 heteroatoms. The highest BCUT2D eigenvalue weighted by molar-refractivity contribution is 7.89. The Morgan fingerprint density at radius 1 is 1.03 bits per heavy atom. The van der Waals surface area contributed by atoms with Gasteiger partial charge in [-0.3, -0.25) is 0 Å². The van der Waals surface area contributed by atoms with Crippen LogP contribution in [0.3, 0.4) is 0 Å². The molecule has 0 spiro atoms. The van der Waals surface area contributed by atoms with Gasteiger partial charge in [0.15, 0.2) is 11.5 Å². The molecule has 0 atom stereocenters. The highest BCUT2D eigenvalue weighted by atomic mass is 32.2. The lowest BCUT2D eigenvalue weighted by atomic mass is 10.3. The molecule has 0 unspecified atom stereocenters. The van der Waals surface area contributed by atoms with Crippen LogP contribution >= 0.6 is 0 Å². The minimum atomic E-state index is -3.82. The molecule has 29 heavy (non-hydrogen) atoms. The average molecular weight is 421 g/mol. The van der Waals surface area contributed by atoms with Crippen LogP contribution in [0.5, 0.6) is 17.4 Å². The molecule has 0 saturated carbocycles. The summed E-state index contributed by atoms with van der Waals surface area (Å²) in [6.07, 6.45) is 0. The van der Waals surface area contributed by atoms with Gasteiger partial charge >= 0.3 is 0 Å². The standard InChI is InChI=1S/C18H23N5O5S/c1-4-26-14-6-7-15(27-5-2)16(12-14)29(24,25)19-10-11-28-18-9-8-17-21-20-13(3)23(17)22-18/h6-9,12,19H,4-5,10-11H2,1-3H3. The number of hydrogen-bond acceptors (Lipinski definition) is 8. The topological polar surface area (TPSA) is 117 Å². The number of hydrogen-bond donors (Lipinski definition) is 1. The molecular formula is C18H23N5O5S. The summed E-state index contributed by atoms with van der Waals surface area (Å²) < 4.78 is 45.9. The van der Waals surface area contributed by atoms with Crippen LogP contribution in [0, 0.1) is 6.92 Å². The number of aryl methyl sites for hydroxylation is 1. The number of sulfonamides is 1. The van der Waals surface area contributed by atoms with Gasteiger partial charge in [0.2, 0.25) is 15.9 Å². The molecule has 0 aliphatic heterocycles. The summed E-state index contributed by atoms with van der Waals surface area (Å²) in [4.78, 5) is 0.0185. The fraction of sp³-hybridized carbons (Fsp3) is 0.389. The van der Waals surface area contributed by atoms with E-state index in [1.807, 2.05) is 6.92 Å². The Morgan fingerprint density at radius 3 is 2.59 bits per heavy atom. The monoisotopic (exact) mass is 421 g/mol. The SMILES string of the molecule is CCOc1ccc(OCC)c(S(=O)(=O)NCCOc2ccc3nnc(C)n3n2)c1. The van der Waals surface area contributed by atoms with Gasteiger partial charge in [-0.25, -0.2) is 13.1 Å². The first-order valence-corrected chi connectivity index (χ1v) is 10.6. The van der Waals surface area contributed by atoms with E-state index in [4.69, 9.17) is 14.2 Å². The Labute approximate surface area is 168 Å². The van der Waals surface area contributed by atoms with Gasteiger partial charge in [-0.2, -0.15) is 4.52 Å². The van der Waals surface area contributed by atoms with Gasteiger partial charge in [0, 0.05) is 18.7 Å². The van der Waals surface area contributed by atoms with E-state index in [0.29, 0.717) is 36.3 Å². The summed E-state index contributed by atoms with van der Waals surface area (Å²) in [5.41, 5.74) is 0.605. The van der Waals surface area contributed by atoms with Gasteiger partial charge in [0.25, 0.3) is 0 Å². The maximum absolute atomic E-state index is 12.7. The van der Waals surface area contributed by atoms with Crippen molar-refractivity contribution in [2.75, 3.05) is 26.4 Å². The maximum Gasteiger partial charge on any atom is 0.244 e. The summed E-state index contributed by atoms with van der Waals surface area (Å²) >= 11 is 0. The number of nitrogens with one attached hydrogen (secondary N) is 1. The van der Waals surface area contributed by atoms with Crippen LogP contribution in [0.1, 0.15) is 19.7 Å². The van der Waals surface area contributed by atoms with Crippen molar-refractivity contribution in [1.82, 2.24) is 24.5 Å². The van der Waals surface area contributed by atoms with E-state index < -0.39 is 10.0 Å². The van der Waals surface area contributed by atoms with Crippen molar-refractivity contribution < 1.29 is 22.6 Å². The molecule has 0 bridgehead atoms. The molecule has 1 N–H and O–H groups in total. The van der Waals surface area contributed by atoms with Crippen LogP contribution in [0.4, 0.5) is 0 Å². The molecule has 0 aliphatic rings. The van der Waals surface area contributed by atoms with E-state index in [0.717, 1.165) is 0 Å². The lowest BCUT2D eigenvalue weighted by Crippen LogP contribution is -2.29. The third kappa shape index (κ3) is 4.93. The Bertz CT molecular complexity index is 1080. The van der Waals surface area contributed by atoms with Crippen LogP contribution < -0.4 is 18.9 Å². The second kappa shape index (κ2) is 9.05. The quantitative estimate of drug-likeness (QED) is 0.491. The van der Waals surface area contributed by atoms with Crippen molar-refractivity contribution >= 4 is 15.7 Å². The molecule has 0 aliphatic carbocycles. The molecule has 2 aromatic heterocycles. The molecule has 3 rings (SSSR count). The Morgan fingerprint density at radius 2 is 1.83 bits per heavy atom. The van der Waals surface area contributed by atoms with E-state index in [1.54, 1.807) is 42.6 Å². The number of aromatic nitrogens is 4. The van der Waals surface area contributed by atoms with Crippen molar-refractivity contribution in [3.63, 3.8) is 0 Å². The number of benzene rings is 1. The normalized spacial score (nSPS) is 11.6. The summed E-state index contributed by atoms with van der Waals surface area (Å²) in [5, 5.41) is 12.1. The average Bonchev–Trinajstić information content (AvgIpc) is 3.07. The van der Waals surface area contributed by atoms with E-state index in [-0.39, 0.29) is 23.8 Å². The molecule has 3 aromatic rings. The van der Waals surface area contributed by atoms with E-state index >= 15 is 0 Å². The zero-order valence-corrected chi connectivity index (χ0v) is 17.3. The summed E-state index contributed by atoms with van der Waals surface area (Å²) in [6.45, 7) is 6.30. The summed E-state index contributed by atoms with van der Waals surface area (Å²) in [6, 6.07) is 8.07. The van der Waals surface area contributed by atoms with Gasteiger partial charge in [-0.05, 0) is 39.0 Å². The van der Waals surface area contributed by atoms with Crippen LogP contribution in [0.2, 0.25) is 0 Å². The number of ether oxygens (including phenoxy) is 3. The first kappa shape index (κ1) is 20.8. The maximum atomic E-state index is 12.7. The molecule has 0 amide bonds. The highest BCUT2D eigenvalue weighted by Gasteiger charge is 2.20. The lowest BCUT2D eigenvalue weighted by Gasteiger charge is -2.14. The molecule has 0 saturated heterocycles. The van der Waals surface area contributed by atoms with Crippen LogP contribution in [0.25, 0.3) is 5.65 Å². The second-order valence-corrected chi connectivity index (χ2v) is 7.64. The fourth-order valence-electron chi connectivity index (χ4n) is 2.60. The first-order valence-electron chi connectivity index (χ1n) is 9.15. The first-order chi connectivity index (χ1) is 13.9. The largest absolute Gasteiger partial charge is 0.494 e. The van der Waals surface area contributed by atoms with Gasteiger partial charge < -0.3 is 14.2 Å². The van der Waals surface area contributed by atoms with Gasteiger partial charge in [-0.15, -0.1) is 15.3 Å². The molecule has 0 radical (unpaired) electrons. The molecular weight excluding hydrogens is 398 g/mol. The van der Waals surface area contributed by atoms with Crippen molar-refractivity contribution in [2.24, 2.45) is 0 Å². The van der Waals surface area contributed by atoms with Crippen molar-refractivity contribution in [3.8, 4) is 17.4 Å². The van der Waals surface area contributed by atoms with Crippen LogP contribution in [-0.4, -0.2) is 54.6 Å². The number of rotatable bonds is 10. The minimum Gasteiger partial charge on any atom is -0.494 e. The summed E-state index contributed by atoms with van der Waals surface area (Å²) in [7, 11) is -3.82. The van der Waals surface area contributed by atoms with E-state index in [2.05, 4.69) is 20.0 Å². The second-order valence-electron chi connectivity index (χ2n) is 5.91. The molecule has 156 valence electrons. The predicted octanol–water partition coefficient (Wildman–Crippen LogP) is 1.59. The number of fused-ring (bicyclic) bond motifs is 1. The molecule has 2 heterocycles.